The average molecular weight is 372 g/mol. The van der Waals surface area contributed by atoms with Gasteiger partial charge in [0.1, 0.15) is 5.25 Å². The largest absolute Gasteiger partial charge is 0.341 e. The van der Waals surface area contributed by atoms with Crippen molar-refractivity contribution in [3.05, 3.63) is 35.9 Å². The Morgan fingerprint density at radius 3 is 2.50 bits per heavy atom. The molecule has 0 radical (unpaired) electrons. The maximum atomic E-state index is 13.3. The molecule has 2 fully saturated rings. The zero-order valence-electron chi connectivity index (χ0n) is 15.0. The Hall–Kier alpha value is -1.89. The number of amides is 1. The minimum absolute atomic E-state index is 0.182. The average Bonchev–Trinajstić information content (AvgIpc) is 3.38. The van der Waals surface area contributed by atoms with E-state index in [4.69, 9.17) is 0 Å². The molecule has 0 N–H and O–H groups in total. The maximum absolute atomic E-state index is 13.3. The van der Waals surface area contributed by atoms with E-state index in [1.165, 1.54) is 31.0 Å². The maximum Gasteiger partial charge on any atom is 0.240 e. The molecule has 138 valence electrons. The van der Waals surface area contributed by atoms with Gasteiger partial charge in [0.2, 0.25) is 11.1 Å². The van der Waals surface area contributed by atoms with Crippen LogP contribution in [0.4, 0.5) is 0 Å². The zero-order valence-corrected chi connectivity index (χ0v) is 15.8. The van der Waals surface area contributed by atoms with E-state index in [2.05, 4.69) is 15.5 Å². The van der Waals surface area contributed by atoms with Crippen LogP contribution in [0.25, 0.3) is 0 Å². The smallest absolute Gasteiger partial charge is 0.240 e. The normalized spacial score (nSPS) is 19.6. The Balaban J connectivity index is 1.59. The molecule has 26 heavy (non-hydrogen) atoms. The molecule has 1 aromatic heterocycles. The van der Waals surface area contributed by atoms with Gasteiger partial charge in [-0.2, -0.15) is 0 Å². The molecule has 0 unspecified atom stereocenters. The fourth-order valence-corrected chi connectivity index (χ4v) is 5.05. The molecule has 7 heteroatoms. The quantitative estimate of drug-likeness (QED) is 0.751. The lowest BCUT2D eigenvalue weighted by molar-refractivity contribution is -0.131. The fraction of sp³-hybridized carbons (Fsp3) is 0.579. The highest BCUT2D eigenvalue weighted by Gasteiger charge is 2.31. The van der Waals surface area contributed by atoms with E-state index in [9.17, 15) is 4.79 Å². The van der Waals surface area contributed by atoms with Crippen molar-refractivity contribution in [1.82, 2.24) is 25.1 Å². The topological polar surface area (TPSA) is 63.9 Å². The van der Waals surface area contributed by atoms with E-state index in [0.717, 1.165) is 49.5 Å². The minimum Gasteiger partial charge on any atom is -0.341 e. The summed E-state index contributed by atoms with van der Waals surface area (Å²) in [6.07, 6.45) is 8.10. The van der Waals surface area contributed by atoms with Crippen molar-refractivity contribution in [2.75, 3.05) is 13.1 Å². The third kappa shape index (κ3) is 3.77. The summed E-state index contributed by atoms with van der Waals surface area (Å²) in [5.74, 6) is 0.182. The monoisotopic (exact) mass is 371 g/mol. The Kier molecular flexibility index (Phi) is 5.53. The van der Waals surface area contributed by atoms with Gasteiger partial charge in [-0.25, -0.2) is 4.68 Å². The van der Waals surface area contributed by atoms with Crippen molar-refractivity contribution >= 4 is 17.7 Å². The lowest BCUT2D eigenvalue weighted by Gasteiger charge is -2.30. The van der Waals surface area contributed by atoms with Crippen molar-refractivity contribution in [3.8, 4) is 0 Å². The van der Waals surface area contributed by atoms with Crippen LogP contribution < -0.4 is 0 Å². The van der Waals surface area contributed by atoms with E-state index >= 15 is 0 Å². The van der Waals surface area contributed by atoms with Gasteiger partial charge < -0.3 is 4.90 Å². The van der Waals surface area contributed by atoms with Crippen LogP contribution in [0.5, 0.6) is 0 Å². The highest BCUT2D eigenvalue weighted by molar-refractivity contribution is 8.00. The number of carbonyl (C=O) groups excluding carboxylic acids is 1. The lowest BCUT2D eigenvalue weighted by atomic mass is 10.1. The van der Waals surface area contributed by atoms with Gasteiger partial charge in [-0.05, 0) is 48.1 Å². The molecule has 1 saturated heterocycles. The Morgan fingerprint density at radius 2 is 1.77 bits per heavy atom. The van der Waals surface area contributed by atoms with Crippen molar-refractivity contribution in [3.63, 3.8) is 0 Å². The van der Waals surface area contributed by atoms with Gasteiger partial charge in [0.15, 0.2) is 0 Å². The van der Waals surface area contributed by atoms with Crippen molar-refractivity contribution in [1.29, 1.82) is 0 Å². The summed E-state index contributed by atoms with van der Waals surface area (Å²) in [5, 5.41) is 12.8. The molecule has 1 amide bonds. The summed E-state index contributed by atoms with van der Waals surface area (Å²) in [6.45, 7) is 1.71. The van der Waals surface area contributed by atoms with E-state index in [0.29, 0.717) is 6.04 Å². The standard InChI is InChI=1S/C19H25N5OS/c25-18(23-13-7-2-8-14-23)17(15-9-3-1-4-10-15)26-19-20-21-22-24(19)16-11-5-6-12-16/h1,3-4,9-10,16-17H,2,5-8,11-14H2/t17-/m1/s1. The molecule has 0 bridgehead atoms. The second kappa shape index (κ2) is 8.20. The lowest BCUT2D eigenvalue weighted by Crippen LogP contribution is -2.38. The number of piperidine rings is 1. The molecule has 2 aromatic rings. The molecule has 2 heterocycles. The first-order valence-electron chi connectivity index (χ1n) is 9.61. The number of thioether (sulfide) groups is 1. The van der Waals surface area contributed by atoms with Crippen molar-refractivity contribution < 1.29 is 4.79 Å². The molecule has 4 rings (SSSR count). The van der Waals surface area contributed by atoms with Crippen LogP contribution in [-0.4, -0.2) is 44.1 Å². The summed E-state index contributed by atoms with van der Waals surface area (Å²) in [7, 11) is 0. The predicted octanol–water partition coefficient (Wildman–Crippen LogP) is 3.63. The molecule has 1 atom stereocenters. The predicted molar refractivity (Wildman–Crippen MR) is 101 cm³/mol. The number of hydrogen-bond acceptors (Lipinski definition) is 5. The van der Waals surface area contributed by atoms with Gasteiger partial charge in [0.05, 0.1) is 6.04 Å². The van der Waals surface area contributed by atoms with Gasteiger partial charge in [-0.3, -0.25) is 4.79 Å². The first kappa shape index (κ1) is 17.5. The Labute approximate surface area is 158 Å². The highest BCUT2D eigenvalue weighted by atomic mass is 32.2. The van der Waals surface area contributed by atoms with E-state index < -0.39 is 0 Å². The summed E-state index contributed by atoms with van der Waals surface area (Å²) in [4.78, 5) is 15.3. The Morgan fingerprint density at radius 1 is 1.04 bits per heavy atom. The molecule has 1 saturated carbocycles. The van der Waals surface area contributed by atoms with Crippen LogP contribution >= 0.6 is 11.8 Å². The minimum atomic E-state index is -0.291. The fourth-order valence-electron chi connectivity index (χ4n) is 3.92. The molecule has 1 aliphatic carbocycles. The molecular weight excluding hydrogens is 346 g/mol. The van der Waals surface area contributed by atoms with Gasteiger partial charge in [-0.1, -0.05) is 54.9 Å². The van der Waals surface area contributed by atoms with E-state index in [-0.39, 0.29) is 11.2 Å². The van der Waals surface area contributed by atoms with Crippen LogP contribution in [0.3, 0.4) is 0 Å². The molecular formula is C19H25N5OS. The Bertz CT molecular complexity index is 723. The van der Waals surface area contributed by atoms with Crippen molar-refractivity contribution in [2.45, 2.75) is 61.4 Å². The number of rotatable bonds is 5. The van der Waals surface area contributed by atoms with Crippen LogP contribution in [-0.2, 0) is 4.79 Å². The first-order chi connectivity index (χ1) is 12.8. The van der Waals surface area contributed by atoms with Crippen LogP contribution in [0.15, 0.2) is 35.5 Å². The van der Waals surface area contributed by atoms with E-state index in [1.54, 1.807) is 0 Å². The summed E-state index contributed by atoms with van der Waals surface area (Å²) >= 11 is 1.50. The van der Waals surface area contributed by atoms with Gasteiger partial charge in [0, 0.05) is 13.1 Å². The number of benzene rings is 1. The number of tetrazole rings is 1. The SMILES string of the molecule is O=C([C@H](Sc1nnnn1C1CCCC1)c1ccccc1)N1CCCCC1. The number of carbonyl (C=O) groups is 1. The highest BCUT2D eigenvalue weighted by Crippen LogP contribution is 2.39. The second-order valence-electron chi connectivity index (χ2n) is 7.14. The molecule has 2 aliphatic rings. The molecule has 1 aliphatic heterocycles. The van der Waals surface area contributed by atoms with Crippen molar-refractivity contribution in [2.24, 2.45) is 0 Å². The summed E-state index contributed by atoms with van der Waals surface area (Å²) in [6, 6.07) is 10.4. The van der Waals surface area contributed by atoms with Crippen LogP contribution in [0.1, 0.15) is 61.8 Å². The zero-order chi connectivity index (χ0) is 17.8. The second-order valence-corrected chi connectivity index (χ2v) is 8.21. The molecule has 6 nitrogen and oxygen atoms in total. The third-order valence-corrected chi connectivity index (χ3v) is 6.54. The molecule has 0 spiro atoms. The van der Waals surface area contributed by atoms with E-state index in [1.807, 2.05) is 39.9 Å². The molecule has 1 aromatic carbocycles. The number of hydrogen-bond donors (Lipinski definition) is 0. The van der Waals surface area contributed by atoms with Gasteiger partial charge in [0.25, 0.3) is 0 Å². The van der Waals surface area contributed by atoms with Crippen LogP contribution in [0.2, 0.25) is 0 Å². The third-order valence-electron chi connectivity index (χ3n) is 5.35. The summed E-state index contributed by atoms with van der Waals surface area (Å²) in [5.41, 5.74) is 1.02. The first-order valence-corrected chi connectivity index (χ1v) is 10.5. The van der Waals surface area contributed by atoms with Gasteiger partial charge >= 0.3 is 0 Å². The number of aromatic nitrogens is 4. The van der Waals surface area contributed by atoms with Crippen LogP contribution in [0, 0.1) is 0 Å². The number of nitrogens with zero attached hydrogens (tertiary/aromatic N) is 5. The van der Waals surface area contributed by atoms with Gasteiger partial charge in [-0.15, -0.1) is 5.10 Å². The number of likely N-dealkylation sites (tertiary alicyclic amines) is 1. The summed E-state index contributed by atoms with van der Waals surface area (Å²) < 4.78 is 1.94.